The number of pyridine rings is 1. The smallest absolute Gasteiger partial charge is 0.223 e. The van der Waals surface area contributed by atoms with E-state index in [1.165, 1.54) is 4.70 Å². The van der Waals surface area contributed by atoms with Crippen molar-refractivity contribution in [3.8, 4) is 11.8 Å². The van der Waals surface area contributed by atoms with Gasteiger partial charge in [-0.2, -0.15) is 0 Å². The summed E-state index contributed by atoms with van der Waals surface area (Å²) in [6, 6.07) is 4.03. The Balaban J connectivity index is 1.80. The largest absolute Gasteiger partial charge is 0.332 e. The van der Waals surface area contributed by atoms with Crippen molar-refractivity contribution in [2.45, 2.75) is 12.8 Å². The predicted molar refractivity (Wildman–Crippen MR) is 72.3 cm³/mol. The van der Waals surface area contributed by atoms with Gasteiger partial charge in [0.05, 0.1) is 6.54 Å². The van der Waals surface area contributed by atoms with Crippen LogP contribution in [0, 0.1) is 11.8 Å². The number of thiophene rings is 1. The Hall–Kier alpha value is -1.86. The van der Waals surface area contributed by atoms with Crippen LogP contribution in [0.25, 0.3) is 10.1 Å². The summed E-state index contributed by atoms with van der Waals surface area (Å²) < 4.78 is 1.20. The van der Waals surface area contributed by atoms with Crippen LogP contribution in [-0.4, -0.2) is 28.9 Å². The molecule has 3 rings (SSSR count). The minimum absolute atomic E-state index is 0.214. The van der Waals surface area contributed by atoms with Crippen LogP contribution in [-0.2, 0) is 4.79 Å². The molecule has 0 saturated carbocycles. The molecule has 0 unspecified atom stereocenters. The molecule has 0 N–H and O–H groups in total. The Morgan fingerprint density at radius 2 is 2.39 bits per heavy atom. The average Bonchev–Trinajstić information content (AvgIpc) is 2.99. The van der Waals surface area contributed by atoms with Crippen LogP contribution in [0.2, 0.25) is 0 Å². The number of amides is 1. The Bertz CT molecular complexity index is 650. The van der Waals surface area contributed by atoms with Gasteiger partial charge in [0.1, 0.15) is 5.69 Å². The zero-order chi connectivity index (χ0) is 12.4. The molecule has 1 aliphatic rings. The van der Waals surface area contributed by atoms with Crippen LogP contribution in [0.5, 0.6) is 0 Å². The highest BCUT2D eigenvalue weighted by molar-refractivity contribution is 7.17. The highest BCUT2D eigenvalue weighted by Crippen LogP contribution is 2.21. The molecule has 4 heteroatoms. The number of likely N-dealkylation sites (tertiary alicyclic amines) is 1. The lowest BCUT2D eigenvalue weighted by molar-refractivity contribution is -0.127. The molecule has 1 saturated heterocycles. The van der Waals surface area contributed by atoms with Gasteiger partial charge in [0.2, 0.25) is 5.91 Å². The molecular formula is C14H12N2OS. The number of hydrogen-bond acceptors (Lipinski definition) is 3. The lowest BCUT2D eigenvalue weighted by Crippen LogP contribution is -2.24. The first-order valence-electron chi connectivity index (χ1n) is 5.93. The second-order valence-corrected chi connectivity index (χ2v) is 5.16. The summed E-state index contributed by atoms with van der Waals surface area (Å²) in [6.07, 6.45) is 3.41. The molecule has 0 aromatic carbocycles. The predicted octanol–water partition coefficient (Wildman–Crippen LogP) is 2.27. The molecule has 3 heterocycles. The molecule has 1 aliphatic heterocycles. The summed E-state index contributed by atoms with van der Waals surface area (Å²) in [5, 5.41) is 3.14. The van der Waals surface area contributed by atoms with Crippen LogP contribution in [0.15, 0.2) is 23.7 Å². The van der Waals surface area contributed by atoms with E-state index in [0.717, 1.165) is 24.0 Å². The van der Waals surface area contributed by atoms with Gasteiger partial charge in [0, 0.05) is 29.2 Å². The summed E-state index contributed by atoms with van der Waals surface area (Å²) in [5.74, 6) is 6.34. The van der Waals surface area contributed by atoms with Crippen LogP contribution in [0.1, 0.15) is 18.5 Å². The number of fused-ring (bicyclic) bond motifs is 1. The van der Waals surface area contributed by atoms with Crippen molar-refractivity contribution in [3.05, 3.63) is 29.4 Å². The molecule has 1 amide bonds. The third kappa shape index (κ3) is 2.09. The van der Waals surface area contributed by atoms with E-state index >= 15 is 0 Å². The molecule has 0 atom stereocenters. The van der Waals surface area contributed by atoms with Crippen molar-refractivity contribution in [1.29, 1.82) is 0 Å². The standard InChI is InChI=1S/C14H12N2OS/c17-14-4-2-9-16(14)8-1-3-12-11-6-10-18-13(11)5-7-15-12/h5-7,10H,2,4,8-9H2. The van der Waals surface area contributed by atoms with Crippen molar-refractivity contribution < 1.29 is 4.79 Å². The van der Waals surface area contributed by atoms with Crippen molar-refractivity contribution in [3.63, 3.8) is 0 Å². The fourth-order valence-electron chi connectivity index (χ4n) is 2.08. The van der Waals surface area contributed by atoms with E-state index in [-0.39, 0.29) is 5.91 Å². The summed E-state index contributed by atoms with van der Waals surface area (Å²) in [4.78, 5) is 17.5. The number of carbonyl (C=O) groups is 1. The average molecular weight is 256 g/mol. The zero-order valence-corrected chi connectivity index (χ0v) is 10.7. The molecule has 0 aliphatic carbocycles. The lowest BCUT2D eigenvalue weighted by atomic mass is 10.2. The molecule has 18 heavy (non-hydrogen) atoms. The van der Waals surface area contributed by atoms with Gasteiger partial charge in [0.25, 0.3) is 0 Å². The quantitative estimate of drug-likeness (QED) is 0.733. The summed E-state index contributed by atoms with van der Waals surface area (Å²) >= 11 is 1.69. The minimum atomic E-state index is 0.214. The van der Waals surface area contributed by atoms with Gasteiger partial charge in [-0.25, -0.2) is 4.98 Å². The van der Waals surface area contributed by atoms with E-state index in [1.54, 1.807) is 22.4 Å². The minimum Gasteiger partial charge on any atom is -0.332 e. The summed E-state index contributed by atoms with van der Waals surface area (Å²) in [6.45, 7) is 1.35. The third-order valence-electron chi connectivity index (χ3n) is 3.03. The molecule has 1 fully saturated rings. The van der Waals surface area contributed by atoms with Crippen LogP contribution in [0.3, 0.4) is 0 Å². The van der Waals surface area contributed by atoms with E-state index in [9.17, 15) is 4.79 Å². The molecule has 0 radical (unpaired) electrons. The normalized spacial score (nSPS) is 14.9. The maximum absolute atomic E-state index is 11.4. The van der Waals surface area contributed by atoms with Gasteiger partial charge in [-0.1, -0.05) is 5.92 Å². The highest BCUT2D eigenvalue weighted by Gasteiger charge is 2.18. The third-order valence-corrected chi connectivity index (χ3v) is 3.91. The van der Waals surface area contributed by atoms with Crippen molar-refractivity contribution in [1.82, 2.24) is 9.88 Å². The van der Waals surface area contributed by atoms with Gasteiger partial charge >= 0.3 is 0 Å². The fraction of sp³-hybridized carbons (Fsp3) is 0.286. The zero-order valence-electron chi connectivity index (χ0n) is 9.85. The molecule has 2 aromatic heterocycles. The maximum atomic E-state index is 11.4. The van der Waals surface area contributed by atoms with Gasteiger partial charge < -0.3 is 4.90 Å². The van der Waals surface area contributed by atoms with E-state index in [0.29, 0.717) is 13.0 Å². The lowest BCUT2D eigenvalue weighted by Gasteiger charge is -2.09. The first-order valence-corrected chi connectivity index (χ1v) is 6.81. The number of nitrogens with zero attached hydrogens (tertiary/aromatic N) is 2. The SMILES string of the molecule is O=C1CCCN1CC#Cc1nccc2sccc12. The number of aromatic nitrogens is 1. The Morgan fingerprint density at radius 3 is 3.22 bits per heavy atom. The van der Waals surface area contributed by atoms with Gasteiger partial charge in [-0.05, 0) is 29.9 Å². The molecule has 2 aromatic rings. The van der Waals surface area contributed by atoms with Gasteiger partial charge in [-0.15, -0.1) is 11.3 Å². The monoisotopic (exact) mass is 256 g/mol. The van der Waals surface area contributed by atoms with Crippen molar-refractivity contribution >= 4 is 27.3 Å². The molecule has 0 spiro atoms. The number of rotatable bonds is 1. The first kappa shape index (κ1) is 11.2. The summed E-state index contributed by atoms with van der Waals surface area (Å²) in [7, 11) is 0. The maximum Gasteiger partial charge on any atom is 0.223 e. The number of hydrogen-bond donors (Lipinski definition) is 0. The molecule has 90 valence electrons. The molecule has 0 bridgehead atoms. The van der Waals surface area contributed by atoms with Crippen LogP contribution < -0.4 is 0 Å². The molecule has 3 nitrogen and oxygen atoms in total. The Labute approximate surface area is 109 Å². The topological polar surface area (TPSA) is 33.2 Å². The Kier molecular flexibility index (Phi) is 2.99. The van der Waals surface area contributed by atoms with E-state index in [4.69, 9.17) is 0 Å². The highest BCUT2D eigenvalue weighted by atomic mass is 32.1. The Morgan fingerprint density at radius 1 is 1.44 bits per heavy atom. The van der Waals surface area contributed by atoms with E-state index in [1.807, 2.05) is 17.5 Å². The van der Waals surface area contributed by atoms with Crippen LogP contribution >= 0.6 is 11.3 Å². The molecular weight excluding hydrogens is 244 g/mol. The van der Waals surface area contributed by atoms with Crippen LogP contribution in [0.4, 0.5) is 0 Å². The second kappa shape index (κ2) is 4.79. The van der Waals surface area contributed by atoms with E-state index < -0.39 is 0 Å². The number of carbonyl (C=O) groups excluding carboxylic acids is 1. The van der Waals surface area contributed by atoms with Gasteiger partial charge in [-0.3, -0.25) is 4.79 Å². The van der Waals surface area contributed by atoms with Crippen molar-refractivity contribution in [2.24, 2.45) is 0 Å². The van der Waals surface area contributed by atoms with Crippen molar-refractivity contribution in [2.75, 3.05) is 13.1 Å². The second-order valence-electron chi connectivity index (χ2n) is 4.21. The van der Waals surface area contributed by atoms with E-state index in [2.05, 4.69) is 16.8 Å². The van der Waals surface area contributed by atoms with Gasteiger partial charge in [0.15, 0.2) is 0 Å². The summed E-state index contributed by atoms with van der Waals surface area (Å²) in [5.41, 5.74) is 0.806. The fourth-order valence-corrected chi connectivity index (χ4v) is 2.87. The first-order chi connectivity index (χ1) is 8.84.